The average Bonchev–Trinajstić information content (AvgIpc) is 2.74. The molecule has 3 rings (SSSR count). The molecule has 0 fully saturated rings. The Labute approximate surface area is 167 Å². The number of carbonyl (C=O) groups is 2. The molecule has 0 aromatic heterocycles. The standard InChI is InChI=1S/C22H19NO6/c1-27-20-13-15(22(25)26)7-12-19(20)28-14-21(24)23-16-8-10-18(11-9-16)29-17-5-3-2-4-6-17/h2-13H,14H2,1H3,(H,23,24)(H,25,26). The smallest absolute Gasteiger partial charge is 0.335 e. The SMILES string of the molecule is COc1cc(C(=O)O)ccc1OCC(=O)Nc1ccc(Oc2ccccc2)cc1. The Kier molecular flexibility index (Phi) is 6.32. The highest BCUT2D eigenvalue weighted by Gasteiger charge is 2.12. The third-order valence-corrected chi connectivity index (χ3v) is 3.89. The average molecular weight is 393 g/mol. The van der Waals surface area contributed by atoms with Gasteiger partial charge in [-0.2, -0.15) is 0 Å². The Balaban J connectivity index is 1.55. The molecule has 0 bridgehead atoms. The van der Waals surface area contributed by atoms with Crippen molar-refractivity contribution in [3.63, 3.8) is 0 Å². The number of carboxylic acids is 1. The van der Waals surface area contributed by atoms with Gasteiger partial charge in [0.1, 0.15) is 11.5 Å². The molecule has 7 nitrogen and oxygen atoms in total. The van der Waals surface area contributed by atoms with Gasteiger partial charge < -0.3 is 24.6 Å². The van der Waals surface area contributed by atoms with Crippen LogP contribution in [0.4, 0.5) is 5.69 Å². The number of benzene rings is 3. The van der Waals surface area contributed by atoms with Crippen molar-refractivity contribution in [1.82, 2.24) is 0 Å². The number of para-hydroxylation sites is 1. The first-order valence-corrected chi connectivity index (χ1v) is 8.72. The molecule has 1 amide bonds. The van der Waals surface area contributed by atoms with Gasteiger partial charge in [0.05, 0.1) is 12.7 Å². The van der Waals surface area contributed by atoms with Gasteiger partial charge in [-0.3, -0.25) is 4.79 Å². The van der Waals surface area contributed by atoms with Crippen molar-refractivity contribution in [1.29, 1.82) is 0 Å². The van der Waals surface area contributed by atoms with Gasteiger partial charge in [0.25, 0.3) is 5.91 Å². The lowest BCUT2D eigenvalue weighted by molar-refractivity contribution is -0.118. The summed E-state index contributed by atoms with van der Waals surface area (Å²) in [6.45, 7) is -0.259. The number of anilines is 1. The van der Waals surface area contributed by atoms with Crippen LogP contribution in [0, 0.1) is 0 Å². The number of ether oxygens (including phenoxy) is 3. The summed E-state index contributed by atoms with van der Waals surface area (Å²) in [5, 5.41) is 11.7. The fourth-order valence-electron chi connectivity index (χ4n) is 2.49. The number of amides is 1. The monoisotopic (exact) mass is 393 g/mol. The van der Waals surface area contributed by atoms with E-state index < -0.39 is 5.97 Å². The Morgan fingerprint density at radius 2 is 1.59 bits per heavy atom. The van der Waals surface area contributed by atoms with Crippen molar-refractivity contribution in [3.8, 4) is 23.0 Å². The maximum atomic E-state index is 12.1. The van der Waals surface area contributed by atoms with Crippen molar-refractivity contribution < 1.29 is 28.9 Å². The zero-order chi connectivity index (χ0) is 20.6. The van der Waals surface area contributed by atoms with Crippen LogP contribution in [-0.4, -0.2) is 30.7 Å². The summed E-state index contributed by atoms with van der Waals surface area (Å²) in [6.07, 6.45) is 0. The Hall–Kier alpha value is -4.00. The summed E-state index contributed by atoms with van der Waals surface area (Å²) in [4.78, 5) is 23.1. The summed E-state index contributed by atoms with van der Waals surface area (Å²) in [7, 11) is 1.40. The number of rotatable bonds is 8. The zero-order valence-electron chi connectivity index (χ0n) is 15.6. The highest BCUT2D eigenvalue weighted by atomic mass is 16.5. The zero-order valence-corrected chi connectivity index (χ0v) is 15.6. The molecule has 0 radical (unpaired) electrons. The van der Waals surface area contributed by atoms with Gasteiger partial charge in [0.15, 0.2) is 18.1 Å². The summed E-state index contributed by atoms with van der Waals surface area (Å²) in [5.74, 6) is 0.437. The minimum absolute atomic E-state index is 0.0662. The maximum absolute atomic E-state index is 12.1. The summed E-state index contributed by atoms with van der Waals surface area (Å²) < 4.78 is 16.3. The minimum atomic E-state index is -1.08. The Bertz CT molecular complexity index is 986. The molecule has 3 aromatic carbocycles. The summed E-state index contributed by atoms with van der Waals surface area (Å²) in [6, 6.07) is 20.5. The van der Waals surface area contributed by atoms with Crippen molar-refractivity contribution in [2.24, 2.45) is 0 Å². The number of carboxylic acid groups (broad SMARTS) is 1. The van der Waals surface area contributed by atoms with E-state index in [1.807, 2.05) is 30.3 Å². The Morgan fingerprint density at radius 1 is 0.897 bits per heavy atom. The van der Waals surface area contributed by atoms with Crippen molar-refractivity contribution in [3.05, 3.63) is 78.4 Å². The Morgan fingerprint density at radius 3 is 2.24 bits per heavy atom. The lowest BCUT2D eigenvalue weighted by atomic mass is 10.2. The van der Waals surface area contributed by atoms with Gasteiger partial charge in [-0.25, -0.2) is 4.79 Å². The van der Waals surface area contributed by atoms with Crippen LogP contribution in [0.5, 0.6) is 23.0 Å². The largest absolute Gasteiger partial charge is 0.493 e. The van der Waals surface area contributed by atoms with E-state index in [-0.39, 0.29) is 29.6 Å². The van der Waals surface area contributed by atoms with Crippen LogP contribution in [0.25, 0.3) is 0 Å². The molecule has 0 atom stereocenters. The summed E-state index contributed by atoms with van der Waals surface area (Å²) >= 11 is 0. The number of methoxy groups -OCH3 is 1. The predicted molar refractivity (Wildman–Crippen MR) is 107 cm³/mol. The van der Waals surface area contributed by atoms with Gasteiger partial charge in [-0.15, -0.1) is 0 Å². The van der Waals surface area contributed by atoms with E-state index in [0.29, 0.717) is 11.4 Å². The van der Waals surface area contributed by atoms with Crippen molar-refractivity contribution >= 4 is 17.6 Å². The molecule has 0 aliphatic rings. The second-order valence-corrected chi connectivity index (χ2v) is 5.95. The lowest BCUT2D eigenvalue weighted by Crippen LogP contribution is -2.20. The molecule has 29 heavy (non-hydrogen) atoms. The van der Waals surface area contributed by atoms with Gasteiger partial charge in [0.2, 0.25) is 0 Å². The van der Waals surface area contributed by atoms with Gasteiger partial charge in [0, 0.05) is 5.69 Å². The minimum Gasteiger partial charge on any atom is -0.493 e. The van der Waals surface area contributed by atoms with Gasteiger partial charge in [-0.1, -0.05) is 18.2 Å². The van der Waals surface area contributed by atoms with E-state index in [1.165, 1.54) is 25.3 Å². The highest BCUT2D eigenvalue weighted by molar-refractivity contribution is 5.92. The van der Waals surface area contributed by atoms with E-state index in [0.717, 1.165) is 5.75 Å². The molecule has 7 heteroatoms. The first kappa shape index (κ1) is 19.8. The third kappa shape index (κ3) is 5.49. The first-order chi connectivity index (χ1) is 14.0. The van der Waals surface area contributed by atoms with Gasteiger partial charge >= 0.3 is 5.97 Å². The van der Waals surface area contributed by atoms with Crippen LogP contribution in [-0.2, 0) is 4.79 Å². The molecular weight excluding hydrogens is 374 g/mol. The number of hydrogen-bond acceptors (Lipinski definition) is 5. The third-order valence-electron chi connectivity index (χ3n) is 3.89. The van der Waals surface area contributed by atoms with Gasteiger partial charge in [-0.05, 0) is 54.6 Å². The molecular formula is C22H19NO6. The van der Waals surface area contributed by atoms with Crippen molar-refractivity contribution in [2.75, 3.05) is 19.0 Å². The van der Waals surface area contributed by atoms with Crippen LogP contribution in [0.15, 0.2) is 72.8 Å². The fraction of sp³-hybridized carbons (Fsp3) is 0.0909. The molecule has 0 unspecified atom stereocenters. The van der Waals surface area contributed by atoms with E-state index in [4.69, 9.17) is 19.3 Å². The van der Waals surface area contributed by atoms with Crippen LogP contribution in [0.1, 0.15) is 10.4 Å². The number of carbonyl (C=O) groups excluding carboxylic acids is 1. The number of aromatic carboxylic acids is 1. The molecule has 2 N–H and O–H groups in total. The van der Waals surface area contributed by atoms with E-state index in [1.54, 1.807) is 24.3 Å². The lowest BCUT2D eigenvalue weighted by Gasteiger charge is -2.12. The molecule has 0 aliphatic heterocycles. The number of nitrogens with one attached hydrogen (secondary N) is 1. The van der Waals surface area contributed by atoms with Crippen molar-refractivity contribution in [2.45, 2.75) is 0 Å². The molecule has 148 valence electrons. The number of hydrogen-bond donors (Lipinski definition) is 2. The second kappa shape index (κ2) is 9.27. The normalized spacial score (nSPS) is 10.1. The predicted octanol–water partition coefficient (Wildman–Crippen LogP) is 4.20. The van der Waals surface area contributed by atoms with E-state index >= 15 is 0 Å². The molecule has 0 aliphatic carbocycles. The van der Waals surface area contributed by atoms with Crippen LogP contribution >= 0.6 is 0 Å². The van der Waals surface area contributed by atoms with E-state index in [2.05, 4.69) is 5.32 Å². The molecule has 0 saturated carbocycles. The van der Waals surface area contributed by atoms with Crippen LogP contribution < -0.4 is 19.5 Å². The molecule has 0 spiro atoms. The second-order valence-electron chi connectivity index (χ2n) is 5.95. The first-order valence-electron chi connectivity index (χ1n) is 8.72. The molecule has 3 aromatic rings. The fourth-order valence-corrected chi connectivity index (χ4v) is 2.49. The maximum Gasteiger partial charge on any atom is 0.335 e. The summed E-state index contributed by atoms with van der Waals surface area (Å²) in [5.41, 5.74) is 0.656. The van der Waals surface area contributed by atoms with E-state index in [9.17, 15) is 9.59 Å². The molecule has 0 heterocycles. The van der Waals surface area contributed by atoms with Crippen LogP contribution in [0.3, 0.4) is 0 Å². The highest BCUT2D eigenvalue weighted by Crippen LogP contribution is 2.28. The quantitative estimate of drug-likeness (QED) is 0.596. The molecule has 0 saturated heterocycles. The topological polar surface area (TPSA) is 94.1 Å². The van der Waals surface area contributed by atoms with Crippen LogP contribution in [0.2, 0.25) is 0 Å².